The normalized spacial score (nSPS) is 9.89. The Kier molecular flexibility index (Phi) is 6.88. The number of hydrogen-bond acceptors (Lipinski definition) is 5. The number of nitrogens with two attached hydrogens (primary N) is 1. The smallest absolute Gasteiger partial charge is 0.298 e. The summed E-state index contributed by atoms with van der Waals surface area (Å²) in [6, 6.07) is 3.66. The van der Waals surface area contributed by atoms with E-state index in [1.165, 1.54) is 0 Å². The fourth-order valence-electron chi connectivity index (χ4n) is 1.06. The first-order chi connectivity index (χ1) is 9.01. The molecule has 7 nitrogen and oxygen atoms in total. The van der Waals surface area contributed by atoms with Gasteiger partial charge in [-0.3, -0.25) is 5.10 Å². The van der Waals surface area contributed by atoms with E-state index in [4.69, 9.17) is 27.6 Å². The van der Waals surface area contributed by atoms with Crippen molar-refractivity contribution < 1.29 is 4.74 Å². The van der Waals surface area contributed by atoms with Crippen molar-refractivity contribution in [2.24, 2.45) is 0 Å². The minimum Gasteiger partial charge on any atom is -0.509 e. The fourth-order valence-corrected chi connectivity index (χ4v) is 1.06. The molecule has 0 radical (unpaired) electrons. The highest BCUT2D eigenvalue weighted by molar-refractivity contribution is 5.50. The standard InChI is InChI=1S/C7H8N2O.C5H6N4/c1-4-10-6(2)7(5-8)9-3;1-3-4(2-6)5(7)9-8-3/h4H2,1-2H3;1H3,(H3,7,8,9)/b7-6-;. The van der Waals surface area contributed by atoms with E-state index < -0.39 is 0 Å². The van der Waals surface area contributed by atoms with Gasteiger partial charge in [0.1, 0.15) is 17.4 Å². The van der Waals surface area contributed by atoms with E-state index in [1.807, 2.05) is 13.0 Å². The third-order valence-corrected chi connectivity index (χ3v) is 2.00. The second-order valence-corrected chi connectivity index (χ2v) is 3.28. The highest BCUT2D eigenvalue weighted by atomic mass is 16.5. The quantitative estimate of drug-likeness (QED) is 0.477. The molecule has 0 aliphatic carbocycles. The Morgan fingerprint density at radius 3 is 2.47 bits per heavy atom. The number of ether oxygens (including phenoxy) is 1. The van der Waals surface area contributed by atoms with E-state index in [0.717, 1.165) is 5.69 Å². The summed E-state index contributed by atoms with van der Waals surface area (Å²) < 4.78 is 4.93. The number of rotatable bonds is 2. The molecule has 98 valence electrons. The van der Waals surface area contributed by atoms with Gasteiger partial charge in [-0.1, -0.05) is 0 Å². The van der Waals surface area contributed by atoms with E-state index in [2.05, 4.69) is 15.0 Å². The zero-order valence-corrected chi connectivity index (χ0v) is 11.0. The van der Waals surface area contributed by atoms with Gasteiger partial charge in [-0.15, -0.1) is 0 Å². The van der Waals surface area contributed by atoms with Crippen LogP contribution in [0.1, 0.15) is 25.1 Å². The monoisotopic (exact) mass is 258 g/mol. The molecule has 0 aliphatic rings. The summed E-state index contributed by atoms with van der Waals surface area (Å²) in [6.45, 7) is 12.2. The summed E-state index contributed by atoms with van der Waals surface area (Å²) in [7, 11) is 0. The van der Waals surface area contributed by atoms with Crippen LogP contribution in [0.15, 0.2) is 11.5 Å². The highest BCUT2D eigenvalue weighted by Crippen LogP contribution is 2.08. The molecule has 19 heavy (non-hydrogen) atoms. The summed E-state index contributed by atoms with van der Waals surface area (Å²) in [6.07, 6.45) is 0. The lowest BCUT2D eigenvalue weighted by atomic mass is 10.3. The maximum Gasteiger partial charge on any atom is 0.298 e. The predicted molar refractivity (Wildman–Crippen MR) is 69.0 cm³/mol. The van der Waals surface area contributed by atoms with Crippen LogP contribution in [-0.2, 0) is 4.74 Å². The highest BCUT2D eigenvalue weighted by Gasteiger charge is 2.03. The van der Waals surface area contributed by atoms with E-state index in [9.17, 15) is 0 Å². The molecule has 0 unspecified atom stereocenters. The molecule has 0 fully saturated rings. The number of H-pyrrole nitrogens is 1. The minimum absolute atomic E-state index is 0.0295. The minimum atomic E-state index is 0.0295. The first-order valence-electron chi connectivity index (χ1n) is 5.33. The lowest BCUT2D eigenvalue weighted by molar-refractivity contribution is 0.230. The lowest BCUT2D eigenvalue weighted by Gasteiger charge is -2.00. The molecule has 0 saturated carbocycles. The third-order valence-electron chi connectivity index (χ3n) is 2.00. The largest absolute Gasteiger partial charge is 0.509 e. The molecule has 1 heterocycles. The van der Waals surface area contributed by atoms with Gasteiger partial charge in [-0.25, -0.2) is 10.1 Å². The number of aromatic amines is 1. The number of nitriles is 2. The van der Waals surface area contributed by atoms with Crippen LogP contribution in [-0.4, -0.2) is 16.8 Å². The van der Waals surface area contributed by atoms with Crippen molar-refractivity contribution in [2.75, 3.05) is 12.3 Å². The molecular formula is C12H14N6O. The molecule has 0 spiro atoms. The van der Waals surface area contributed by atoms with Crippen LogP contribution >= 0.6 is 0 Å². The molecule has 0 aromatic carbocycles. The van der Waals surface area contributed by atoms with Crippen LogP contribution in [0.25, 0.3) is 4.85 Å². The predicted octanol–water partition coefficient (Wildman–Crippen LogP) is 1.87. The van der Waals surface area contributed by atoms with Crippen molar-refractivity contribution in [3.8, 4) is 12.1 Å². The van der Waals surface area contributed by atoms with Gasteiger partial charge in [0.15, 0.2) is 5.82 Å². The van der Waals surface area contributed by atoms with Crippen molar-refractivity contribution in [1.82, 2.24) is 10.2 Å². The Balaban J connectivity index is 0.000000342. The first kappa shape index (κ1) is 16.0. The Morgan fingerprint density at radius 1 is 1.58 bits per heavy atom. The Labute approximate surface area is 111 Å². The van der Waals surface area contributed by atoms with Crippen molar-refractivity contribution >= 4 is 5.82 Å². The van der Waals surface area contributed by atoms with E-state index >= 15 is 0 Å². The molecule has 0 bridgehead atoms. The molecule has 1 aromatic heterocycles. The maximum atomic E-state index is 8.40. The first-order valence-corrected chi connectivity index (χ1v) is 5.33. The summed E-state index contributed by atoms with van der Waals surface area (Å²) in [5.41, 5.74) is 6.47. The number of aryl methyl sites for hydroxylation is 1. The Bertz CT molecular complexity index is 543. The van der Waals surface area contributed by atoms with E-state index in [1.54, 1.807) is 19.9 Å². The van der Waals surface area contributed by atoms with Crippen molar-refractivity contribution in [3.05, 3.63) is 34.1 Å². The molecule has 7 heteroatoms. The van der Waals surface area contributed by atoms with Crippen LogP contribution in [0.5, 0.6) is 0 Å². The van der Waals surface area contributed by atoms with Gasteiger partial charge in [0.2, 0.25) is 0 Å². The molecule has 3 N–H and O–H groups in total. The number of allylic oxidation sites excluding steroid dienone is 2. The SMILES string of the molecule is Cc1[nH]nc(N)c1C#N.[C-]#[N+]/C(C#N)=C(/C)OCC. The van der Waals surface area contributed by atoms with Gasteiger partial charge >= 0.3 is 0 Å². The summed E-state index contributed by atoms with van der Waals surface area (Å²) in [5.74, 6) is 0.676. The van der Waals surface area contributed by atoms with E-state index in [-0.39, 0.29) is 11.5 Å². The summed E-state index contributed by atoms with van der Waals surface area (Å²) in [5, 5.41) is 22.9. The lowest BCUT2D eigenvalue weighted by Crippen LogP contribution is -1.88. The van der Waals surface area contributed by atoms with Crippen LogP contribution in [0, 0.1) is 36.2 Å². The van der Waals surface area contributed by atoms with Gasteiger partial charge in [-0.2, -0.15) is 10.4 Å². The summed E-state index contributed by atoms with van der Waals surface area (Å²) in [4.78, 5) is 2.97. The molecule has 1 aromatic rings. The van der Waals surface area contributed by atoms with Crippen molar-refractivity contribution in [1.29, 1.82) is 10.5 Å². The van der Waals surface area contributed by atoms with Crippen LogP contribution < -0.4 is 5.73 Å². The Hall–Kier alpha value is -2.98. The van der Waals surface area contributed by atoms with Crippen molar-refractivity contribution in [2.45, 2.75) is 20.8 Å². The molecule has 0 aliphatic heterocycles. The second-order valence-electron chi connectivity index (χ2n) is 3.28. The van der Waals surface area contributed by atoms with Gasteiger partial charge in [0.25, 0.3) is 5.70 Å². The average molecular weight is 258 g/mol. The van der Waals surface area contributed by atoms with Crippen LogP contribution in [0.3, 0.4) is 0 Å². The molecule has 0 amide bonds. The molecule has 0 atom stereocenters. The molecule has 0 saturated heterocycles. The van der Waals surface area contributed by atoms with Crippen LogP contribution in [0.2, 0.25) is 0 Å². The zero-order valence-electron chi connectivity index (χ0n) is 11.0. The summed E-state index contributed by atoms with van der Waals surface area (Å²) >= 11 is 0. The van der Waals surface area contributed by atoms with Gasteiger partial charge in [0.05, 0.1) is 24.9 Å². The van der Waals surface area contributed by atoms with Gasteiger partial charge in [0, 0.05) is 0 Å². The third kappa shape index (κ3) is 4.80. The Morgan fingerprint density at radius 2 is 2.21 bits per heavy atom. The maximum absolute atomic E-state index is 8.40. The fraction of sp³-hybridized carbons (Fsp3) is 0.333. The average Bonchev–Trinajstić information content (AvgIpc) is 2.71. The number of hydrogen-bond donors (Lipinski definition) is 2. The number of aromatic nitrogens is 2. The number of nitrogens with one attached hydrogen (secondary N) is 1. The van der Waals surface area contributed by atoms with E-state index in [0.29, 0.717) is 17.9 Å². The molecular weight excluding hydrogens is 244 g/mol. The number of nitrogens with zero attached hydrogens (tertiary/aromatic N) is 4. The number of anilines is 1. The van der Waals surface area contributed by atoms with Crippen molar-refractivity contribution in [3.63, 3.8) is 0 Å². The number of nitrogen functional groups attached to an aromatic ring is 1. The van der Waals surface area contributed by atoms with Gasteiger partial charge < -0.3 is 10.5 Å². The zero-order chi connectivity index (χ0) is 14.8. The topological polar surface area (TPSA) is 116 Å². The van der Waals surface area contributed by atoms with Crippen LogP contribution in [0.4, 0.5) is 5.82 Å². The second kappa shape index (κ2) is 8.16. The molecule has 1 rings (SSSR count). The van der Waals surface area contributed by atoms with Gasteiger partial charge in [-0.05, 0) is 20.8 Å².